The van der Waals surface area contributed by atoms with Gasteiger partial charge >= 0.3 is 5.97 Å². The number of carboxylic acids is 1. The lowest BCUT2D eigenvalue weighted by Gasteiger charge is -2.18. The number of carboxylic acid groups (broad SMARTS) is 1. The first-order chi connectivity index (χ1) is 11.5. The van der Waals surface area contributed by atoms with Crippen LogP contribution < -0.4 is 0 Å². The molecule has 1 aliphatic carbocycles. The molecule has 1 aliphatic rings. The van der Waals surface area contributed by atoms with Gasteiger partial charge in [-0.3, -0.25) is 4.79 Å². The first-order valence-corrected chi connectivity index (χ1v) is 8.10. The molecule has 24 heavy (non-hydrogen) atoms. The Bertz CT molecular complexity index is 767. The molecule has 2 atom stereocenters. The molecule has 4 nitrogen and oxygen atoms in total. The van der Waals surface area contributed by atoms with Crippen LogP contribution in [0.15, 0.2) is 48.5 Å². The molecular weight excluding hydrogens is 302 g/mol. The minimum Gasteiger partial charge on any atom is -0.478 e. The molecule has 0 spiro atoms. The Labute approximate surface area is 141 Å². The molecule has 0 radical (unpaired) electrons. The van der Waals surface area contributed by atoms with Crippen LogP contribution in [-0.2, 0) is 11.3 Å². The number of amides is 1. The lowest BCUT2D eigenvalue weighted by Crippen LogP contribution is -2.28. The summed E-state index contributed by atoms with van der Waals surface area (Å²) in [5.74, 6) is -0.388. The second-order valence-corrected chi connectivity index (χ2v) is 6.50. The topological polar surface area (TPSA) is 57.6 Å². The van der Waals surface area contributed by atoms with Crippen molar-refractivity contribution in [1.82, 2.24) is 4.90 Å². The van der Waals surface area contributed by atoms with E-state index in [4.69, 9.17) is 5.11 Å². The van der Waals surface area contributed by atoms with Gasteiger partial charge in [0.25, 0.3) is 0 Å². The molecule has 0 aromatic heterocycles. The molecule has 2 aromatic rings. The SMILES string of the molecule is Cc1ccccc1C1CC1C(=O)N(C)Cc1ccc(C(=O)O)cc1. The van der Waals surface area contributed by atoms with Crippen LogP contribution in [0.4, 0.5) is 0 Å². The number of rotatable bonds is 5. The first-order valence-electron chi connectivity index (χ1n) is 8.10. The van der Waals surface area contributed by atoms with E-state index in [0.717, 1.165) is 12.0 Å². The van der Waals surface area contributed by atoms with Gasteiger partial charge in [-0.15, -0.1) is 0 Å². The predicted molar refractivity (Wildman–Crippen MR) is 91.9 cm³/mol. The molecule has 0 saturated heterocycles. The molecule has 1 saturated carbocycles. The smallest absolute Gasteiger partial charge is 0.335 e. The lowest BCUT2D eigenvalue weighted by molar-refractivity contribution is -0.131. The lowest BCUT2D eigenvalue weighted by atomic mass is 10.0. The third kappa shape index (κ3) is 3.32. The fourth-order valence-electron chi connectivity index (χ4n) is 3.20. The first kappa shape index (κ1) is 16.2. The van der Waals surface area contributed by atoms with E-state index in [2.05, 4.69) is 19.1 Å². The van der Waals surface area contributed by atoms with Crippen molar-refractivity contribution >= 4 is 11.9 Å². The fraction of sp³-hybridized carbons (Fsp3) is 0.300. The summed E-state index contributed by atoms with van der Waals surface area (Å²) in [5, 5.41) is 8.92. The molecule has 4 heteroatoms. The van der Waals surface area contributed by atoms with Crippen LogP contribution in [0.25, 0.3) is 0 Å². The van der Waals surface area contributed by atoms with Gasteiger partial charge in [-0.05, 0) is 48.1 Å². The Morgan fingerprint density at radius 1 is 1.12 bits per heavy atom. The second kappa shape index (κ2) is 6.48. The van der Waals surface area contributed by atoms with Gasteiger partial charge in [0.05, 0.1) is 5.56 Å². The zero-order chi connectivity index (χ0) is 17.3. The number of carbonyl (C=O) groups excluding carboxylic acids is 1. The number of aromatic carboxylic acids is 1. The largest absolute Gasteiger partial charge is 0.478 e. The Morgan fingerprint density at radius 3 is 2.42 bits per heavy atom. The predicted octanol–water partition coefficient (Wildman–Crippen LogP) is 3.46. The van der Waals surface area contributed by atoms with Crippen molar-refractivity contribution in [2.24, 2.45) is 5.92 Å². The van der Waals surface area contributed by atoms with Crippen LogP contribution in [0.5, 0.6) is 0 Å². The normalized spacial score (nSPS) is 18.9. The van der Waals surface area contributed by atoms with Crippen LogP contribution in [0.1, 0.15) is 39.4 Å². The zero-order valence-corrected chi connectivity index (χ0v) is 13.9. The van der Waals surface area contributed by atoms with Gasteiger partial charge in [-0.1, -0.05) is 36.4 Å². The van der Waals surface area contributed by atoms with Gasteiger partial charge in [0, 0.05) is 19.5 Å². The van der Waals surface area contributed by atoms with Gasteiger partial charge in [0.15, 0.2) is 0 Å². The number of hydrogen-bond donors (Lipinski definition) is 1. The van der Waals surface area contributed by atoms with Crippen molar-refractivity contribution in [2.45, 2.75) is 25.8 Å². The molecule has 0 bridgehead atoms. The minimum absolute atomic E-state index is 0.0643. The summed E-state index contributed by atoms with van der Waals surface area (Å²) in [5.41, 5.74) is 3.71. The van der Waals surface area contributed by atoms with Crippen molar-refractivity contribution in [2.75, 3.05) is 7.05 Å². The highest BCUT2D eigenvalue weighted by Gasteiger charge is 2.45. The van der Waals surface area contributed by atoms with E-state index < -0.39 is 5.97 Å². The summed E-state index contributed by atoms with van der Waals surface area (Å²) in [6, 6.07) is 14.9. The van der Waals surface area contributed by atoms with Crippen molar-refractivity contribution in [3.05, 3.63) is 70.8 Å². The molecule has 0 heterocycles. The Hall–Kier alpha value is -2.62. The molecule has 0 aliphatic heterocycles. The van der Waals surface area contributed by atoms with Crippen LogP contribution in [0, 0.1) is 12.8 Å². The van der Waals surface area contributed by atoms with E-state index in [-0.39, 0.29) is 17.4 Å². The van der Waals surface area contributed by atoms with Crippen LogP contribution >= 0.6 is 0 Å². The minimum atomic E-state index is -0.940. The molecule has 1 fully saturated rings. The average Bonchev–Trinajstić information content (AvgIpc) is 3.35. The van der Waals surface area contributed by atoms with Crippen LogP contribution in [-0.4, -0.2) is 28.9 Å². The molecule has 3 rings (SSSR count). The van der Waals surface area contributed by atoms with E-state index in [9.17, 15) is 9.59 Å². The quantitative estimate of drug-likeness (QED) is 0.917. The summed E-state index contributed by atoms with van der Waals surface area (Å²) < 4.78 is 0. The summed E-state index contributed by atoms with van der Waals surface area (Å²) in [4.78, 5) is 25.2. The Balaban J connectivity index is 1.62. The highest BCUT2D eigenvalue weighted by atomic mass is 16.4. The number of hydrogen-bond acceptors (Lipinski definition) is 2. The Morgan fingerprint density at radius 2 is 1.79 bits per heavy atom. The van der Waals surface area contributed by atoms with Crippen molar-refractivity contribution < 1.29 is 14.7 Å². The van der Waals surface area contributed by atoms with Gasteiger partial charge in [-0.25, -0.2) is 4.79 Å². The van der Waals surface area contributed by atoms with Crippen molar-refractivity contribution in [1.29, 1.82) is 0 Å². The number of benzene rings is 2. The maximum absolute atomic E-state index is 12.6. The maximum Gasteiger partial charge on any atom is 0.335 e. The van der Waals surface area contributed by atoms with Crippen molar-refractivity contribution in [3.63, 3.8) is 0 Å². The standard InChI is InChI=1S/C20H21NO3/c1-13-5-3-4-6-16(13)17-11-18(17)19(22)21(2)12-14-7-9-15(10-8-14)20(23)24/h3-10,17-18H,11-12H2,1-2H3,(H,23,24). The van der Waals surface area contributed by atoms with Gasteiger partial charge in [-0.2, -0.15) is 0 Å². The Kier molecular flexibility index (Phi) is 4.38. The van der Waals surface area contributed by atoms with Crippen LogP contribution in [0.2, 0.25) is 0 Å². The maximum atomic E-state index is 12.6. The molecule has 1 N–H and O–H groups in total. The van der Waals surface area contributed by atoms with E-state index in [1.807, 2.05) is 12.1 Å². The van der Waals surface area contributed by atoms with E-state index >= 15 is 0 Å². The van der Waals surface area contributed by atoms with Crippen LogP contribution in [0.3, 0.4) is 0 Å². The van der Waals surface area contributed by atoms with E-state index in [1.165, 1.54) is 11.1 Å². The highest BCUT2D eigenvalue weighted by Crippen LogP contribution is 2.49. The fourth-order valence-corrected chi connectivity index (χ4v) is 3.20. The van der Waals surface area contributed by atoms with E-state index in [0.29, 0.717) is 12.5 Å². The van der Waals surface area contributed by atoms with Crippen molar-refractivity contribution in [3.8, 4) is 0 Å². The summed E-state index contributed by atoms with van der Waals surface area (Å²) >= 11 is 0. The molecule has 1 amide bonds. The second-order valence-electron chi connectivity index (χ2n) is 6.50. The van der Waals surface area contributed by atoms with E-state index in [1.54, 1.807) is 36.2 Å². The summed E-state index contributed by atoms with van der Waals surface area (Å²) in [6.45, 7) is 2.58. The monoisotopic (exact) mass is 323 g/mol. The molecule has 2 aromatic carbocycles. The third-order valence-electron chi connectivity index (χ3n) is 4.69. The molecule has 2 unspecified atom stereocenters. The number of nitrogens with zero attached hydrogens (tertiary/aromatic N) is 1. The third-order valence-corrected chi connectivity index (χ3v) is 4.69. The zero-order valence-electron chi connectivity index (χ0n) is 13.9. The summed E-state index contributed by atoms with van der Waals surface area (Å²) in [6.07, 6.45) is 0.909. The number of aryl methyl sites for hydroxylation is 1. The number of carbonyl (C=O) groups is 2. The average molecular weight is 323 g/mol. The van der Waals surface area contributed by atoms with Gasteiger partial charge < -0.3 is 10.0 Å². The highest BCUT2D eigenvalue weighted by molar-refractivity contribution is 5.87. The van der Waals surface area contributed by atoms with Gasteiger partial charge in [0.1, 0.15) is 0 Å². The molecule has 124 valence electrons. The molecular formula is C20H21NO3. The van der Waals surface area contributed by atoms with Gasteiger partial charge in [0.2, 0.25) is 5.91 Å². The summed E-state index contributed by atoms with van der Waals surface area (Å²) in [7, 11) is 1.81.